The number of hydrogen-bond donors (Lipinski definition) is 0. The van der Waals surface area contributed by atoms with Crippen LogP contribution in [0.4, 0.5) is 5.82 Å². The zero-order chi connectivity index (χ0) is 16.7. The first-order chi connectivity index (χ1) is 11.1. The van der Waals surface area contributed by atoms with Gasteiger partial charge in [0.15, 0.2) is 0 Å². The van der Waals surface area contributed by atoms with Crippen LogP contribution in [0.15, 0.2) is 18.3 Å². The van der Waals surface area contributed by atoms with Crippen molar-refractivity contribution in [1.29, 1.82) is 5.26 Å². The Bertz CT molecular complexity index is 549. The second-order valence-corrected chi connectivity index (χ2v) is 6.34. The maximum atomic E-state index is 12.5. The Morgan fingerprint density at radius 2 is 2.26 bits per heavy atom. The first-order valence-electron chi connectivity index (χ1n) is 8.49. The van der Waals surface area contributed by atoms with E-state index in [0.717, 1.165) is 37.7 Å². The predicted octanol–water partition coefficient (Wildman–Crippen LogP) is 2.82. The molecule has 1 aliphatic rings. The fraction of sp³-hybridized carbons (Fsp3) is 0.611. The Balaban J connectivity index is 1.88. The van der Waals surface area contributed by atoms with E-state index in [1.165, 1.54) is 25.5 Å². The quantitative estimate of drug-likeness (QED) is 0.838. The smallest absolute Gasteiger partial charge is 0.242 e. The largest absolute Gasteiger partial charge is 0.350 e. The van der Waals surface area contributed by atoms with E-state index in [1.54, 1.807) is 12.1 Å². The van der Waals surface area contributed by atoms with Gasteiger partial charge in [-0.3, -0.25) is 4.79 Å². The van der Waals surface area contributed by atoms with Gasteiger partial charge in [0.2, 0.25) is 5.91 Å². The summed E-state index contributed by atoms with van der Waals surface area (Å²) in [5.74, 6) is 1.66. The van der Waals surface area contributed by atoms with Crippen LogP contribution in [-0.4, -0.2) is 42.5 Å². The molecule has 23 heavy (non-hydrogen) atoms. The van der Waals surface area contributed by atoms with E-state index in [0.29, 0.717) is 12.1 Å². The molecule has 2 heterocycles. The van der Waals surface area contributed by atoms with Gasteiger partial charge in [0, 0.05) is 26.3 Å². The molecule has 0 radical (unpaired) electrons. The minimum atomic E-state index is 0.163. The van der Waals surface area contributed by atoms with Gasteiger partial charge in [0.1, 0.15) is 11.9 Å². The molecule has 0 spiro atoms. The summed E-state index contributed by atoms with van der Waals surface area (Å²) in [6, 6.07) is 5.56. The summed E-state index contributed by atoms with van der Waals surface area (Å²) >= 11 is 0. The van der Waals surface area contributed by atoms with E-state index >= 15 is 0 Å². The summed E-state index contributed by atoms with van der Waals surface area (Å²) in [5, 5.41) is 8.80. The van der Waals surface area contributed by atoms with Crippen LogP contribution in [0.1, 0.15) is 44.6 Å². The Kier molecular flexibility index (Phi) is 6.40. The number of likely N-dealkylation sites (N-methyl/N-ethyl adjacent to an activating group) is 1. The topological polar surface area (TPSA) is 60.2 Å². The van der Waals surface area contributed by atoms with E-state index < -0.39 is 0 Å². The van der Waals surface area contributed by atoms with Crippen molar-refractivity contribution in [3.8, 4) is 6.07 Å². The number of carbonyl (C=O) groups is 1. The molecule has 1 fully saturated rings. The van der Waals surface area contributed by atoms with E-state index in [9.17, 15) is 4.79 Å². The van der Waals surface area contributed by atoms with Crippen LogP contribution in [0.5, 0.6) is 0 Å². The lowest BCUT2D eigenvalue weighted by molar-refractivity contribution is -0.129. The Morgan fingerprint density at radius 3 is 2.91 bits per heavy atom. The zero-order valence-electron chi connectivity index (χ0n) is 14.2. The van der Waals surface area contributed by atoms with Gasteiger partial charge in [0.25, 0.3) is 0 Å². The van der Waals surface area contributed by atoms with E-state index in [1.807, 2.05) is 16.8 Å². The van der Waals surface area contributed by atoms with Crippen molar-refractivity contribution in [3.63, 3.8) is 0 Å². The summed E-state index contributed by atoms with van der Waals surface area (Å²) in [4.78, 5) is 20.6. The summed E-state index contributed by atoms with van der Waals surface area (Å²) in [6.45, 7) is 4.30. The van der Waals surface area contributed by atoms with E-state index in [4.69, 9.17) is 5.26 Å². The first-order valence-corrected chi connectivity index (χ1v) is 8.49. The van der Waals surface area contributed by atoms with Crippen molar-refractivity contribution in [1.82, 2.24) is 9.88 Å². The number of nitriles is 1. The third-order valence-corrected chi connectivity index (χ3v) is 4.54. The van der Waals surface area contributed by atoms with Gasteiger partial charge in [-0.1, -0.05) is 19.8 Å². The third kappa shape index (κ3) is 4.95. The number of amides is 1. The van der Waals surface area contributed by atoms with Crippen LogP contribution in [0, 0.1) is 17.2 Å². The monoisotopic (exact) mass is 314 g/mol. The SMILES string of the molecule is CCC[C@@H]1CCCN(C(=O)CN(C)c2ccc(C#N)cn2)CC1. The molecule has 0 aliphatic carbocycles. The molecule has 1 atom stereocenters. The molecule has 1 aromatic heterocycles. The Labute approximate surface area is 138 Å². The van der Waals surface area contributed by atoms with Gasteiger partial charge in [-0.15, -0.1) is 0 Å². The molecule has 1 aliphatic heterocycles. The molecule has 0 aromatic carbocycles. The summed E-state index contributed by atoms with van der Waals surface area (Å²) in [6.07, 6.45) is 7.51. The van der Waals surface area contributed by atoms with Crippen molar-refractivity contribution in [3.05, 3.63) is 23.9 Å². The molecule has 0 unspecified atom stereocenters. The van der Waals surface area contributed by atoms with E-state index in [2.05, 4.69) is 18.0 Å². The molecular weight excluding hydrogens is 288 g/mol. The molecule has 2 rings (SSSR count). The van der Waals surface area contributed by atoms with Crippen LogP contribution in [-0.2, 0) is 4.79 Å². The van der Waals surface area contributed by atoms with Gasteiger partial charge < -0.3 is 9.80 Å². The number of nitrogens with zero attached hydrogens (tertiary/aromatic N) is 4. The number of carbonyl (C=O) groups excluding carboxylic acids is 1. The highest BCUT2D eigenvalue weighted by Crippen LogP contribution is 2.22. The molecule has 1 amide bonds. The third-order valence-electron chi connectivity index (χ3n) is 4.54. The van der Waals surface area contributed by atoms with Crippen molar-refractivity contribution in [2.24, 2.45) is 5.92 Å². The minimum Gasteiger partial charge on any atom is -0.350 e. The number of pyridine rings is 1. The number of aromatic nitrogens is 1. The van der Waals surface area contributed by atoms with Gasteiger partial charge in [-0.05, 0) is 37.3 Å². The van der Waals surface area contributed by atoms with Crippen LogP contribution < -0.4 is 4.90 Å². The summed E-state index contributed by atoms with van der Waals surface area (Å²) in [5.41, 5.74) is 0.531. The van der Waals surface area contributed by atoms with Crippen LogP contribution in [0.25, 0.3) is 0 Å². The zero-order valence-corrected chi connectivity index (χ0v) is 14.2. The molecule has 0 saturated carbocycles. The van der Waals surface area contributed by atoms with Gasteiger partial charge in [0.05, 0.1) is 12.1 Å². The highest BCUT2D eigenvalue weighted by Gasteiger charge is 2.21. The van der Waals surface area contributed by atoms with Gasteiger partial charge >= 0.3 is 0 Å². The minimum absolute atomic E-state index is 0.163. The average Bonchev–Trinajstić information content (AvgIpc) is 2.81. The molecule has 5 heteroatoms. The van der Waals surface area contributed by atoms with Gasteiger partial charge in [-0.2, -0.15) is 5.26 Å². The lowest BCUT2D eigenvalue weighted by Gasteiger charge is -2.25. The molecule has 1 aromatic rings. The Morgan fingerprint density at radius 1 is 1.43 bits per heavy atom. The fourth-order valence-electron chi connectivity index (χ4n) is 3.17. The standard InChI is InChI=1S/C18H26N4O/c1-3-5-15-6-4-10-22(11-9-15)18(23)14-21(2)17-8-7-16(12-19)13-20-17/h7-8,13,15H,3-6,9-11,14H2,1-2H3/t15-/m1/s1. The molecule has 0 bridgehead atoms. The van der Waals surface area contributed by atoms with Crippen molar-refractivity contribution < 1.29 is 4.79 Å². The number of hydrogen-bond acceptors (Lipinski definition) is 4. The fourth-order valence-corrected chi connectivity index (χ4v) is 3.17. The lowest BCUT2D eigenvalue weighted by atomic mass is 9.96. The van der Waals surface area contributed by atoms with Crippen molar-refractivity contribution in [2.75, 3.05) is 31.6 Å². The second kappa shape index (κ2) is 8.52. The lowest BCUT2D eigenvalue weighted by Crippen LogP contribution is -2.39. The Hall–Kier alpha value is -2.09. The van der Waals surface area contributed by atoms with Crippen LogP contribution in [0.3, 0.4) is 0 Å². The summed E-state index contributed by atoms with van der Waals surface area (Å²) in [7, 11) is 1.87. The van der Waals surface area contributed by atoms with Crippen molar-refractivity contribution >= 4 is 11.7 Å². The average molecular weight is 314 g/mol. The highest BCUT2D eigenvalue weighted by molar-refractivity contribution is 5.81. The maximum Gasteiger partial charge on any atom is 0.242 e. The second-order valence-electron chi connectivity index (χ2n) is 6.34. The van der Waals surface area contributed by atoms with Crippen LogP contribution in [0.2, 0.25) is 0 Å². The molecule has 1 saturated heterocycles. The van der Waals surface area contributed by atoms with E-state index in [-0.39, 0.29) is 5.91 Å². The predicted molar refractivity (Wildman–Crippen MR) is 91.1 cm³/mol. The van der Waals surface area contributed by atoms with Gasteiger partial charge in [-0.25, -0.2) is 4.98 Å². The normalized spacial score (nSPS) is 18.1. The molecule has 124 valence electrons. The molecular formula is C18H26N4O. The number of anilines is 1. The molecule has 0 N–H and O–H groups in total. The number of likely N-dealkylation sites (tertiary alicyclic amines) is 1. The molecule has 5 nitrogen and oxygen atoms in total. The number of rotatable bonds is 5. The highest BCUT2D eigenvalue weighted by atomic mass is 16.2. The van der Waals surface area contributed by atoms with Crippen molar-refractivity contribution in [2.45, 2.75) is 39.0 Å². The maximum absolute atomic E-state index is 12.5. The first kappa shape index (κ1) is 17.3. The summed E-state index contributed by atoms with van der Waals surface area (Å²) < 4.78 is 0. The van der Waals surface area contributed by atoms with Crippen LogP contribution >= 0.6 is 0 Å².